The van der Waals surface area contributed by atoms with Crippen molar-refractivity contribution in [2.24, 2.45) is 0 Å². The van der Waals surface area contributed by atoms with Crippen LogP contribution in [-0.4, -0.2) is 96.7 Å². The monoisotopic (exact) mass is 1530 g/mol. The Morgan fingerprint density at radius 2 is 0.457 bits per heavy atom. The van der Waals surface area contributed by atoms with Gasteiger partial charge in [-0.3, -0.25) is 37.3 Å². The maximum atomic E-state index is 13.1. The van der Waals surface area contributed by atoms with Crippen LogP contribution in [0.4, 0.5) is 0 Å². The van der Waals surface area contributed by atoms with Crippen LogP contribution in [0.25, 0.3) is 0 Å². The minimum atomic E-state index is -4.97. The van der Waals surface area contributed by atoms with E-state index in [1.807, 2.05) is 0 Å². The third kappa shape index (κ3) is 79.4. The standard InChI is InChI=1S/C86H164O17P2/c1-5-9-13-17-21-25-28-31-34-36-38-40-42-44-47-50-53-57-61-65-69-73-86(91)103-82(77-97-84(89)71-67-63-59-55-51-48-46-43-41-39-37-35-32-29-26-22-18-14-10-6-2)79-101-105(94,95)99-75-80(87)74-98-104(92,93)100-78-81(76-96-83(88)70-66-62-58-54-24-20-16-12-8-4)102-85(90)72-68-64-60-56-52-49-45-33-30-27-23-19-15-11-7-3/h27,30,33,45,80-82,87H,5-26,28-29,31-32,34-44,46-79H2,1-4H3,(H,92,93)(H,94,95)/b30-27-,45-33-/t80-,81+,82+/m0/s1. The first-order chi connectivity index (χ1) is 51.2. The Hall–Kier alpha value is -2.46. The fourth-order valence-corrected chi connectivity index (χ4v) is 14.6. The highest BCUT2D eigenvalue weighted by Crippen LogP contribution is 2.45. The van der Waals surface area contributed by atoms with Crippen LogP contribution in [0.2, 0.25) is 0 Å². The van der Waals surface area contributed by atoms with E-state index in [1.54, 1.807) is 0 Å². The van der Waals surface area contributed by atoms with E-state index in [4.69, 9.17) is 37.0 Å². The van der Waals surface area contributed by atoms with Gasteiger partial charge in [0, 0.05) is 25.7 Å². The number of esters is 4. The zero-order chi connectivity index (χ0) is 76.7. The van der Waals surface area contributed by atoms with Gasteiger partial charge in [-0.15, -0.1) is 0 Å². The van der Waals surface area contributed by atoms with Crippen LogP contribution in [-0.2, 0) is 65.4 Å². The number of hydrogen-bond acceptors (Lipinski definition) is 15. The predicted molar refractivity (Wildman–Crippen MR) is 432 cm³/mol. The maximum Gasteiger partial charge on any atom is 0.472 e. The molecule has 105 heavy (non-hydrogen) atoms. The molecule has 0 rings (SSSR count). The quantitative estimate of drug-likeness (QED) is 0.0169. The van der Waals surface area contributed by atoms with Crippen LogP contribution in [0, 0.1) is 0 Å². The van der Waals surface area contributed by atoms with Crippen LogP contribution in [0.1, 0.15) is 445 Å². The molecular formula is C86H164O17P2. The smallest absolute Gasteiger partial charge is 0.462 e. The van der Waals surface area contributed by atoms with Crippen molar-refractivity contribution in [3.05, 3.63) is 24.3 Å². The first kappa shape index (κ1) is 103. The summed E-state index contributed by atoms with van der Waals surface area (Å²) >= 11 is 0. The molecule has 0 aromatic heterocycles. The molecule has 2 unspecified atom stereocenters. The van der Waals surface area contributed by atoms with Crippen molar-refractivity contribution in [2.75, 3.05) is 39.6 Å². The molecule has 3 N–H and O–H groups in total. The number of carbonyl (C=O) groups excluding carboxylic acids is 4. The number of ether oxygens (including phenoxy) is 4. The molecule has 0 spiro atoms. The summed E-state index contributed by atoms with van der Waals surface area (Å²) in [6, 6.07) is 0. The molecule has 19 heteroatoms. The summed E-state index contributed by atoms with van der Waals surface area (Å²) in [6.07, 6.45) is 77.3. The van der Waals surface area contributed by atoms with Crippen molar-refractivity contribution in [1.29, 1.82) is 0 Å². The van der Waals surface area contributed by atoms with Gasteiger partial charge in [0.2, 0.25) is 0 Å². The highest BCUT2D eigenvalue weighted by molar-refractivity contribution is 7.47. The molecule has 5 atom stereocenters. The van der Waals surface area contributed by atoms with Crippen LogP contribution in [0.3, 0.4) is 0 Å². The van der Waals surface area contributed by atoms with Crippen molar-refractivity contribution in [2.45, 2.75) is 463 Å². The number of unbranched alkanes of at least 4 members (excludes halogenated alkanes) is 56. The van der Waals surface area contributed by atoms with Crippen LogP contribution in [0.15, 0.2) is 24.3 Å². The van der Waals surface area contributed by atoms with E-state index in [0.717, 1.165) is 103 Å². The van der Waals surface area contributed by atoms with Gasteiger partial charge in [-0.05, 0) is 51.4 Å². The van der Waals surface area contributed by atoms with E-state index in [1.165, 1.54) is 263 Å². The van der Waals surface area contributed by atoms with Crippen molar-refractivity contribution < 1.29 is 80.2 Å². The Balaban J connectivity index is 5.22. The molecular weight excluding hydrogens is 1370 g/mol. The lowest BCUT2D eigenvalue weighted by molar-refractivity contribution is -0.161. The Labute approximate surface area is 643 Å². The van der Waals surface area contributed by atoms with Crippen molar-refractivity contribution in [3.63, 3.8) is 0 Å². The van der Waals surface area contributed by atoms with Gasteiger partial charge in [-0.2, -0.15) is 0 Å². The van der Waals surface area contributed by atoms with E-state index in [0.29, 0.717) is 25.7 Å². The zero-order valence-electron chi connectivity index (χ0n) is 68.2. The molecule has 620 valence electrons. The first-order valence-electron chi connectivity index (χ1n) is 44.1. The summed E-state index contributed by atoms with van der Waals surface area (Å²) in [4.78, 5) is 73.1. The van der Waals surface area contributed by atoms with Gasteiger partial charge in [0.25, 0.3) is 0 Å². The fourth-order valence-electron chi connectivity index (χ4n) is 13.0. The van der Waals surface area contributed by atoms with Gasteiger partial charge in [0.05, 0.1) is 26.4 Å². The van der Waals surface area contributed by atoms with Crippen LogP contribution >= 0.6 is 15.6 Å². The first-order valence-corrected chi connectivity index (χ1v) is 47.1. The topological polar surface area (TPSA) is 237 Å². The number of aliphatic hydroxyl groups excluding tert-OH is 1. The van der Waals surface area contributed by atoms with Crippen molar-refractivity contribution in [1.82, 2.24) is 0 Å². The molecule has 0 heterocycles. The van der Waals surface area contributed by atoms with Crippen LogP contribution < -0.4 is 0 Å². The highest BCUT2D eigenvalue weighted by atomic mass is 31.2. The number of allylic oxidation sites excluding steroid dienone is 4. The van der Waals surface area contributed by atoms with Crippen molar-refractivity contribution >= 4 is 39.5 Å². The van der Waals surface area contributed by atoms with Gasteiger partial charge in [0.1, 0.15) is 19.3 Å². The molecule has 0 aliphatic carbocycles. The average Bonchev–Trinajstić information content (AvgIpc) is 0.906. The molecule has 17 nitrogen and oxygen atoms in total. The van der Waals surface area contributed by atoms with Gasteiger partial charge < -0.3 is 33.8 Å². The van der Waals surface area contributed by atoms with Gasteiger partial charge in [0.15, 0.2) is 12.2 Å². The maximum absolute atomic E-state index is 13.1. The van der Waals surface area contributed by atoms with Gasteiger partial charge in [-0.1, -0.05) is 392 Å². The van der Waals surface area contributed by atoms with E-state index in [9.17, 15) is 43.2 Å². The number of aliphatic hydroxyl groups is 1. The number of phosphoric ester groups is 2. The highest BCUT2D eigenvalue weighted by Gasteiger charge is 2.30. The summed E-state index contributed by atoms with van der Waals surface area (Å²) in [6.45, 7) is 4.97. The van der Waals surface area contributed by atoms with Gasteiger partial charge in [-0.25, -0.2) is 9.13 Å². The number of carbonyl (C=O) groups is 4. The largest absolute Gasteiger partial charge is 0.472 e. The second-order valence-corrected chi connectivity index (χ2v) is 33.1. The predicted octanol–water partition coefficient (Wildman–Crippen LogP) is 26.1. The Bertz CT molecular complexity index is 2080. The van der Waals surface area contributed by atoms with Gasteiger partial charge >= 0.3 is 39.5 Å². The van der Waals surface area contributed by atoms with E-state index in [-0.39, 0.29) is 25.7 Å². The zero-order valence-corrected chi connectivity index (χ0v) is 70.0. The molecule has 0 saturated heterocycles. The third-order valence-corrected chi connectivity index (χ3v) is 21.6. The Kier molecular flexibility index (Phi) is 77.8. The molecule has 0 aromatic carbocycles. The summed E-state index contributed by atoms with van der Waals surface area (Å²) in [5, 5.41) is 10.7. The number of phosphoric acid groups is 2. The summed E-state index contributed by atoms with van der Waals surface area (Å²) < 4.78 is 68.8. The molecule has 0 amide bonds. The molecule has 0 saturated carbocycles. The average molecular weight is 1530 g/mol. The second kappa shape index (κ2) is 79.6. The minimum absolute atomic E-state index is 0.0857. The SMILES string of the molecule is CCCCCC/C=C\C=C/CCCCCCCC(=O)O[C@H](COC(=O)CCCCCCCCCCC)COP(=O)(O)OC[C@H](O)COP(=O)(O)OC[C@@H](COC(=O)CCCCCCCCCCCCCCCCCCCCCC)OC(=O)CCCCCCCCCCCCCCCCCCCCCCC. The van der Waals surface area contributed by atoms with Crippen LogP contribution in [0.5, 0.6) is 0 Å². The number of rotatable bonds is 85. The molecule has 0 bridgehead atoms. The number of hydrogen-bond donors (Lipinski definition) is 3. The molecule has 0 radical (unpaired) electrons. The minimum Gasteiger partial charge on any atom is -0.462 e. The fraction of sp³-hybridized carbons (Fsp3) is 0.907. The lowest BCUT2D eigenvalue weighted by Gasteiger charge is -2.21. The molecule has 0 fully saturated rings. The van der Waals surface area contributed by atoms with Crippen molar-refractivity contribution in [3.8, 4) is 0 Å². The third-order valence-electron chi connectivity index (χ3n) is 19.7. The lowest BCUT2D eigenvalue weighted by Crippen LogP contribution is -2.30. The Morgan fingerprint density at radius 3 is 0.695 bits per heavy atom. The summed E-state index contributed by atoms with van der Waals surface area (Å²) in [5.41, 5.74) is 0. The molecule has 0 aromatic rings. The van der Waals surface area contributed by atoms with E-state index < -0.39 is 97.5 Å². The summed E-state index contributed by atoms with van der Waals surface area (Å²) in [7, 11) is -9.93. The summed E-state index contributed by atoms with van der Waals surface area (Å²) in [5.74, 6) is -2.13. The van der Waals surface area contributed by atoms with E-state index >= 15 is 0 Å². The Morgan fingerprint density at radius 1 is 0.267 bits per heavy atom. The lowest BCUT2D eigenvalue weighted by atomic mass is 10.0. The normalized spacial score (nSPS) is 13.9. The second-order valence-electron chi connectivity index (χ2n) is 30.2. The molecule has 0 aliphatic rings. The molecule has 0 aliphatic heterocycles. The van der Waals surface area contributed by atoms with E-state index in [2.05, 4.69) is 52.0 Å².